The highest BCUT2D eigenvalue weighted by Gasteiger charge is 2.28. The lowest BCUT2D eigenvalue weighted by molar-refractivity contribution is 0.0940. The quantitative estimate of drug-likeness (QED) is 0.450. The predicted molar refractivity (Wildman–Crippen MR) is 142 cm³/mol. The van der Waals surface area contributed by atoms with Gasteiger partial charge in [-0.05, 0) is 55.7 Å². The smallest absolute Gasteiger partial charge is 0.259 e. The summed E-state index contributed by atoms with van der Waals surface area (Å²) >= 11 is 0. The van der Waals surface area contributed by atoms with Crippen LogP contribution in [0.4, 0.5) is 5.69 Å². The number of para-hydroxylation sites is 1. The minimum Gasteiger partial charge on any atom is -0.496 e. The minimum atomic E-state index is -3.74. The van der Waals surface area contributed by atoms with Crippen molar-refractivity contribution >= 4 is 27.5 Å². The van der Waals surface area contributed by atoms with E-state index in [1.165, 1.54) is 29.6 Å². The molecule has 0 bridgehead atoms. The van der Waals surface area contributed by atoms with E-state index >= 15 is 0 Å². The third-order valence-corrected chi connectivity index (χ3v) is 8.33. The molecule has 4 rings (SSSR count). The van der Waals surface area contributed by atoms with Gasteiger partial charge in [-0.1, -0.05) is 48.9 Å². The fourth-order valence-corrected chi connectivity index (χ4v) is 5.90. The Kier molecular flexibility index (Phi) is 8.25. The Morgan fingerprint density at radius 2 is 1.54 bits per heavy atom. The lowest BCUT2D eigenvalue weighted by atomic mass is 10.1. The first kappa shape index (κ1) is 26.4. The van der Waals surface area contributed by atoms with Crippen molar-refractivity contribution in [3.05, 3.63) is 89.5 Å². The van der Waals surface area contributed by atoms with Crippen molar-refractivity contribution in [3.63, 3.8) is 0 Å². The van der Waals surface area contributed by atoms with Crippen molar-refractivity contribution in [3.8, 4) is 5.75 Å². The number of ether oxygens (including phenoxy) is 1. The van der Waals surface area contributed by atoms with E-state index < -0.39 is 15.9 Å². The number of benzene rings is 3. The van der Waals surface area contributed by atoms with E-state index in [4.69, 9.17) is 4.74 Å². The topological polar surface area (TPSA) is 105 Å². The first-order valence-electron chi connectivity index (χ1n) is 12.3. The van der Waals surface area contributed by atoms with Gasteiger partial charge in [-0.2, -0.15) is 4.31 Å². The highest BCUT2D eigenvalue weighted by Crippen LogP contribution is 2.28. The standard InChI is InChI=1S/C28H31N3O5S/c1-20(21-11-5-3-6-12-21)29-27(32)23-13-7-8-14-25(23)30-28(33)24-19-22(15-16-26(24)36-2)37(34,35)31-17-9-4-10-18-31/h3,5-8,11-16,19-20H,4,9-10,17-18H2,1-2H3,(H,29,32)(H,30,33)/t20-/m1/s1. The monoisotopic (exact) mass is 521 g/mol. The van der Waals surface area contributed by atoms with Gasteiger partial charge in [0.1, 0.15) is 5.75 Å². The maximum absolute atomic E-state index is 13.3. The first-order valence-corrected chi connectivity index (χ1v) is 13.7. The van der Waals surface area contributed by atoms with Gasteiger partial charge in [0.05, 0.1) is 34.9 Å². The van der Waals surface area contributed by atoms with Crippen LogP contribution >= 0.6 is 0 Å². The summed E-state index contributed by atoms with van der Waals surface area (Å²) in [4.78, 5) is 26.4. The summed E-state index contributed by atoms with van der Waals surface area (Å²) in [7, 11) is -2.33. The summed E-state index contributed by atoms with van der Waals surface area (Å²) in [5, 5.41) is 5.72. The van der Waals surface area contributed by atoms with Crippen molar-refractivity contribution in [2.24, 2.45) is 0 Å². The number of amides is 2. The molecule has 1 fully saturated rings. The number of carbonyl (C=O) groups is 2. The highest BCUT2D eigenvalue weighted by atomic mass is 32.2. The Morgan fingerprint density at radius 1 is 0.865 bits per heavy atom. The fraction of sp³-hybridized carbons (Fsp3) is 0.286. The zero-order valence-electron chi connectivity index (χ0n) is 20.9. The molecule has 0 radical (unpaired) electrons. The molecule has 2 amide bonds. The van der Waals surface area contributed by atoms with E-state index in [2.05, 4.69) is 10.6 Å². The van der Waals surface area contributed by atoms with Crippen LogP contribution in [0.2, 0.25) is 0 Å². The van der Waals surface area contributed by atoms with E-state index in [0.717, 1.165) is 24.8 Å². The number of nitrogens with one attached hydrogen (secondary N) is 2. The second-order valence-electron chi connectivity index (χ2n) is 8.93. The minimum absolute atomic E-state index is 0.0306. The molecule has 8 nitrogen and oxygen atoms in total. The lowest BCUT2D eigenvalue weighted by Crippen LogP contribution is -2.35. The van der Waals surface area contributed by atoms with Gasteiger partial charge >= 0.3 is 0 Å². The van der Waals surface area contributed by atoms with Crippen molar-refractivity contribution < 1.29 is 22.7 Å². The van der Waals surface area contributed by atoms with Gasteiger partial charge in [0.25, 0.3) is 11.8 Å². The van der Waals surface area contributed by atoms with E-state index in [1.54, 1.807) is 24.3 Å². The summed E-state index contributed by atoms with van der Waals surface area (Å²) < 4.78 is 33.2. The van der Waals surface area contributed by atoms with E-state index in [1.807, 2.05) is 37.3 Å². The van der Waals surface area contributed by atoms with Gasteiger partial charge in [0, 0.05) is 13.1 Å². The molecule has 0 spiro atoms. The van der Waals surface area contributed by atoms with Crippen molar-refractivity contribution in [1.82, 2.24) is 9.62 Å². The number of hydrogen-bond donors (Lipinski definition) is 2. The maximum atomic E-state index is 13.3. The molecule has 37 heavy (non-hydrogen) atoms. The maximum Gasteiger partial charge on any atom is 0.259 e. The summed E-state index contributed by atoms with van der Waals surface area (Å²) in [6.07, 6.45) is 2.62. The van der Waals surface area contributed by atoms with Crippen molar-refractivity contribution in [2.75, 3.05) is 25.5 Å². The molecule has 194 valence electrons. The van der Waals surface area contributed by atoms with Gasteiger partial charge < -0.3 is 15.4 Å². The molecule has 2 N–H and O–H groups in total. The number of hydrogen-bond acceptors (Lipinski definition) is 5. The van der Waals surface area contributed by atoms with Gasteiger partial charge in [0.15, 0.2) is 0 Å². The third-order valence-electron chi connectivity index (χ3n) is 6.44. The highest BCUT2D eigenvalue weighted by molar-refractivity contribution is 7.89. The van der Waals surface area contributed by atoms with Gasteiger partial charge in [-0.25, -0.2) is 8.42 Å². The van der Waals surface area contributed by atoms with E-state index in [9.17, 15) is 18.0 Å². The Morgan fingerprint density at radius 3 is 2.24 bits per heavy atom. The number of anilines is 1. The molecule has 3 aromatic carbocycles. The van der Waals surface area contributed by atoms with Crippen LogP contribution in [-0.2, 0) is 10.0 Å². The van der Waals surface area contributed by atoms with Gasteiger partial charge in [-0.3, -0.25) is 9.59 Å². The second kappa shape index (κ2) is 11.6. The second-order valence-corrected chi connectivity index (χ2v) is 10.9. The van der Waals surface area contributed by atoms with Crippen LogP contribution in [0.25, 0.3) is 0 Å². The largest absolute Gasteiger partial charge is 0.496 e. The number of carbonyl (C=O) groups excluding carboxylic acids is 2. The Hall–Kier alpha value is -3.69. The summed E-state index contributed by atoms with van der Waals surface area (Å²) in [6.45, 7) is 2.80. The molecule has 0 saturated carbocycles. The Bertz CT molecular complexity index is 1370. The molecule has 0 aromatic heterocycles. The molecule has 0 aliphatic carbocycles. The first-order chi connectivity index (χ1) is 17.8. The SMILES string of the molecule is COc1ccc(S(=O)(=O)N2CCCCC2)cc1C(=O)Nc1ccccc1C(=O)N[C@H](C)c1ccccc1. The lowest BCUT2D eigenvalue weighted by Gasteiger charge is -2.26. The molecule has 1 heterocycles. The average molecular weight is 522 g/mol. The van der Waals surface area contributed by atoms with Crippen LogP contribution in [0.3, 0.4) is 0 Å². The predicted octanol–water partition coefficient (Wildman–Crippen LogP) is 4.61. The number of rotatable bonds is 8. The summed E-state index contributed by atoms with van der Waals surface area (Å²) in [5.41, 5.74) is 1.61. The fourth-order valence-electron chi connectivity index (χ4n) is 4.36. The summed E-state index contributed by atoms with van der Waals surface area (Å²) in [6, 6.07) is 20.3. The Balaban J connectivity index is 1.58. The molecule has 1 aliphatic heterocycles. The molecule has 1 aliphatic rings. The van der Waals surface area contributed by atoms with Crippen LogP contribution in [-0.4, -0.2) is 44.7 Å². The van der Waals surface area contributed by atoms with E-state index in [-0.39, 0.29) is 33.7 Å². The molecular formula is C28H31N3O5S. The Labute approximate surface area is 217 Å². The van der Waals surface area contributed by atoms with Crippen LogP contribution in [0.5, 0.6) is 5.75 Å². The van der Waals surface area contributed by atoms with E-state index in [0.29, 0.717) is 18.8 Å². The third kappa shape index (κ3) is 6.00. The van der Waals surface area contributed by atoms with Crippen LogP contribution in [0, 0.1) is 0 Å². The van der Waals surface area contributed by atoms with Gasteiger partial charge in [0.2, 0.25) is 10.0 Å². The van der Waals surface area contributed by atoms with Crippen LogP contribution in [0.15, 0.2) is 77.7 Å². The number of piperidine rings is 1. The van der Waals surface area contributed by atoms with Gasteiger partial charge in [-0.15, -0.1) is 0 Å². The molecule has 1 saturated heterocycles. The van der Waals surface area contributed by atoms with Crippen LogP contribution < -0.4 is 15.4 Å². The summed E-state index contributed by atoms with van der Waals surface area (Å²) in [5.74, 6) is -0.695. The molecule has 9 heteroatoms. The number of nitrogens with zero attached hydrogens (tertiary/aromatic N) is 1. The number of sulfonamides is 1. The normalized spacial score (nSPS) is 15.0. The molecule has 0 unspecified atom stereocenters. The molecular weight excluding hydrogens is 490 g/mol. The average Bonchev–Trinajstić information content (AvgIpc) is 2.93. The number of methoxy groups -OCH3 is 1. The zero-order chi connectivity index (χ0) is 26.4. The van der Waals surface area contributed by atoms with Crippen molar-refractivity contribution in [1.29, 1.82) is 0 Å². The molecule has 3 aromatic rings. The van der Waals surface area contributed by atoms with Crippen molar-refractivity contribution in [2.45, 2.75) is 37.1 Å². The zero-order valence-corrected chi connectivity index (χ0v) is 21.8. The van der Waals surface area contributed by atoms with Crippen LogP contribution in [0.1, 0.15) is 58.5 Å². The molecule has 1 atom stereocenters.